The molecule has 0 radical (unpaired) electrons. The SMILES string of the molecule is Cc1cnc(Cl)nc1N1CC2CCCC2C1. The molecule has 4 heteroatoms. The smallest absolute Gasteiger partial charge is 0.224 e. The van der Waals surface area contributed by atoms with Gasteiger partial charge in [-0.15, -0.1) is 0 Å². The van der Waals surface area contributed by atoms with Crippen LogP contribution in [0.25, 0.3) is 0 Å². The van der Waals surface area contributed by atoms with Crippen LogP contribution >= 0.6 is 11.6 Å². The van der Waals surface area contributed by atoms with Gasteiger partial charge in [-0.2, -0.15) is 0 Å². The zero-order chi connectivity index (χ0) is 11.1. The minimum absolute atomic E-state index is 0.359. The molecule has 2 aliphatic rings. The average molecular weight is 238 g/mol. The highest BCUT2D eigenvalue weighted by Gasteiger charge is 2.36. The van der Waals surface area contributed by atoms with Gasteiger partial charge >= 0.3 is 0 Å². The second-order valence-electron chi connectivity index (χ2n) is 5.00. The van der Waals surface area contributed by atoms with E-state index in [1.165, 1.54) is 19.3 Å². The largest absolute Gasteiger partial charge is 0.356 e. The number of nitrogens with zero attached hydrogens (tertiary/aromatic N) is 3. The van der Waals surface area contributed by atoms with Crippen LogP contribution in [0.1, 0.15) is 24.8 Å². The number of anilines is 1. The second kappa shape index (κ2) is 3.88. The van der Waals surface area contributed by atoms with Crippen LogP contribution in [0.4, 0.5) is 5.82 Å². The first-order valence-electron chi connectivity index (χ1n) is 5.98. The first kappa shape index (κ1) is 10.3. The predicted molar refractivity (Wildman–Crippen MR) is 64.8 cm³/mol. The van der Waals surface area contributed by atoms with Gasteiger partial charge in [0.1, 0.15) is 5.82 Å². The van der Waals surface area contributed by atoms with Gasteiger partial charge in [-0.05, 0) is 43.2 Å². The van der Waals surface area contributed by atoms with Crippen molar-refractivity contribution in [2.24, 2.45) is 11.8 Å². The summed E-state index contributed by atoms with van der Waals surface area (Å²) in [6, 6.07) is 0. The van der Waals surface area contributed by atoms with Gasteiger partial charge in [0, 0.05) is 24.8 Å². The van der Waals surface area contributed by atoms with Gasteiger partial charge in [-0.3, -0.25) is 0 Å². The fourth-order valence-electron chi connectivity index (χ4n) is 3.14. The Bertz CT molecular complexity index is 395. The molecule has 1 aromatic heterocycles. The van der Waals surface area contributed by atoms with E-state index in [0.717, 1.165) is 36.3 Å². The fraction of sp³-hybridized carbons (Fsp3) is 0.667. The van der Waals surface area contributed by atoms with Crippen molar-refractivity contribution in [2.45, 2.75) is 26.2 Å². The Morgan fingerprint density at radius 3 is 2.69 bits per heavy atom. The lowest BCUT2D eigenvalue weighted by Gasteiger charge is -2.20. The zero-order valence-electron chi connectivity index (χ0n) is 9.49. The highest BCUT2D eigenvalue weighted by atomic mass is 35.5. The molecule has 0 aromatic carbocycles. The summed E-state index contributed by atoms with van der Waals surface area (Å²) >= 11 is 5.87. The molecule has 3 rings (SSSR count). The van der Waals surface area contributed by atoms with E-state index in [4.69, 9.17) is 11.6 Å². The molecule has 2 atom stereocenters. The van der Waals surface area contributed by atoms with Gasteiger partial charge in [0.15, 0.2) is 0 Å². The Balaban J connectivity index is 1.85. The molecule has 16 heavy (non-hydrogen) atoms. The highest BCUT2D eigenvalue weighted by Crippen LogP contribution is 2.39. The lowest BCUT2D eigenvalue weighted by molar-refractivity contribution is 0.494. The molecule has 1 aliphatic carbocycles. The highest BCUT2D eigenvalue weighted by molar-refractivity contribution is 6.28. The maximum absolute atomic E-state index is 5.87. The van der Waals surface area contributed by atoms with Crippen molar-refractivity contribution in [2.75, 3.05) is 18.0 Å². The molecule has 0 N–H and O–H groups in total. The Morgan fingerprint density at radius 1 is 1.31 bits per heavy atom. The lowest BCUT2D eigenvalue weighted by Crippen LogP contribution is -2.23. The molecular formula is C12H16ClN3. The van der Waals surface area contributed by atoms with E-state index in [-0.39, 0.29) is 0 Å². The maximum atomic E-state index is 5.87. The molecule has 2 fully saturated rings. The molecule has 1 saturated carbocycles. The molecule has 1 saturated heterocycles. The summed E-state index contributed by atoms with van der Waals surface area (Å²) in [5, 5.41) is 0.359. The quantitative estimate of drug-likeness (QED) is 0.704. The number of aromatic nitrogens is 2. The number of fused-ring (bicyclic) bond motifs is 1. The summed E-state index contributed by atoms with van der Waals surface area (Å²) in [7, 11) is 0. The van der Waals surface area contributed by atoms with E-state index in [2.05, 4.69) is 21.8 Å². The van der Waals surface area contributed by atoms with E-state index < -0.39 is 0 Å². The van der Waals surface area contributed by atoms with Gasteiger partial charge < -0.3 is 4.90 Å². The molecule has 2 unspecified atom stereocenters. The summed E-state index contributed by atoms with van der Waals surface area (Å²) in [6.07, 6.45) is 6.00. The van der Waals surface area contributed by atoms with Crippen molar-refractivity contribution in [3.63, 3.8) is 0 Å². The topological polar surface area (TPSA) is 29.0 Å². The number of hydrogen-bond donors (Lipinski definition) is 0. The molecule has 0 bridgehead atoms. The molecule has 3 nitrogen and oxygen atoms in total. The van der Waals surface area contributed by atoms with Crippen LogP contribution in [0, 0.1) is 18.8 Å². The van der Waals surface area contributed by atoms with Gasteiger partial charge in [-0.1, -0.05) is 6.42 Å². The van der Waals surface area contributed by atoms with E-state index in [9.17, 15) is 0 Å². The van der Waals surface area contributed by atoms with Crippen molar-refractivity contribution >= 4 is 17.4 Å². The number of halogens is 1. The Morgan fingerprint density at radius 2 is 2.00 bits per heavy atom. The van der Waals surface area contributed by atoms with Crippen LogP contribution in [-0.4, -0.2) is 23.1 Å². The summed E-state index contributed by atoms with van der Waals surface area (Å²) in [5.74, 6) is 2.80. The summed E-state index contributed by atoms with van der Waals surface area (Å²) in [4.78, 5) is 10.8. The van der Waals surface area contributed by atoms with Crippen molar-refractivity contribution in [1.29, 1.82) is 0 Å². The van der Waals surface area contributed by atoms with E-state index in [1.807, 2.05) is 6.20 Å². The van der Waals surface area contributed by atoms with Crippen LogP contribution in [0.2, 0.25) is 5.28 Å². The van der Waals surface area contributed by atoms with Gasteiger partial charge in [0.05, 0.1) is 0 Å². The normalized spacial score (nSPS) is 28.5. The molecule has 0 spiro atoms. The summed E-state index contributed by atoms with van der Waals surface area (Å²) in [6.45, 7) is 4.36. The summed E-state index contributed by atoms with van der Waals surface area (Å²) in [5.41, 5.74) is 1.13. The standard InChI is InChI=1S/C12H16ClN3/c1-8-5-14-12(13)15-11(8)16-6-9-3-2-4-10(9)7-16/h5,9-10H,2-4,6-7H2,1H3. The van der Waals surface area contributed by atoms with Gasteiger partial charge in [-0.25, -0.2) is 9.97 Å². The van der Waals surface area contributed by atoms with Crippen molar-refractivity contribution < 1.29 is 0 Å². The van der Waals surface area contributed by atoms with Crippen LogP contribution in [0.3, 0.4) is 0 Å². The molecular weight excluding hydrogens is 222 g/mol. The maximum Gasteiger partial charge on any atom is 0.224 e. The molecule has 1 aromatic rings. The van der Waals surface area contributed by atoms with Crippen LogP contribution < -0.4 is 4.90 Å². The van der Waals surface area contributed by atoms with Crippen LogP contribution in [-0.2, 0) is 0 Å². The molecule has 86 valence electrons. The van der Waals surface area contributed by atoms with Crippen molar-refractivity contribution in [1.82, 2.24) is 9.97 Å². The van der Waals surface area contributed by atoms with Crippen molar-refractivity contribution in [3.8, 4) is 0 Å². The second-order valence-corrected chi connectivity index (χ2v) is 5.34. The van der Waals surface area contributed by atoms with E-state index in [1.54, 1.807) is 0 Å². The first-order chi connectivity index (χ1) is 7.74. The minimum atomic E-state index is 0.359. The van der Waals surface area contributed by atoms with E-state index >= 15 is 0 Å². The Hall–Kier alpha value is -0.830. The molecule has 0 amide bonds. The lowest BCUT2D eigenvalue weighted by atomic mass is 10.0. The van der Waals surface area contributed by atoms with Crippen LogP contribution in [0.15, 0.2) is 6.20 Å². The Kier molecular flexibility index (Phi) is 2.51. The third-order valence-corrected chi connectivity index (χ3v) is 4.12. The van der Waals surface area contributed by atoms with E-state index in [0.29, 0.717) is 5.28 Å². The fourth-order valence-corrected chi connectivity index (χ4v) is 3.27. The third kappa shape index (κ3) is 1.67. The molecule has 2 heterocycles. The predicted octanol–water partition coefficient (Wildman–Crippen LogP) is 2.67. The monoisotopic (exact) mass is 237 g/mol. The minimum Gasteiger partial charge on any atom is -0.356 e. The summed E-state index contributed by atoms with van der Waals surface area (Å²) < 4.78 is 0. The Labute approximate surface area is 101 Å². The number of aryl methyl sites for hydroxylation is 1. The molecule has 1 aliphatic heterocycles. The van der Waals surface area contributed by atoms with Gasteiger partial charge in [0.25, 0.3) is 0 Å². The number of rotatable bonds is 1. The average Bonchev–Trinajstić information content (AvgIpc) is 2.81. The van der Waals surface area contributed by atoms with Crippen molar-refractivity contribution in [3.05, 3.63) is 17.0 Å². The number of hydrogen-bond acceptors (Lipinski definition) is 3. The third-order valence-electron chi connectivity index (χ3n) is 3.94. The van der Waals surface area contributed by atoms with Crippen LogP contribution in [0.5, 0.6) is 0 Å². The first-order valence-corrected chi connectivity index (χ1v) is 6.36. The van der Waals surface area contributed by atoms with Gasteiger partial charge in [0.2, 0.25) is 5.28 Å². The zero-order valence-corrected chi connectivity index (χ0v) is 10.2.